The maximum Gasteiger partial charge on any atom is 0.270 e. The SMILES string of the molecule is NC(=O)/C=C/c1cc([N+](=O)[O-])cc(CCl)c1O. The molecular weight excluding hydrogens is 248 g/mol. The van der Waals surface area contributed by atoms with Crippen molar-refractivity contribution in [2.45, 2.75) is 5.88 Å². The molecular formula is C10H9ClN2O4. The van der Waals surface area contributed by atoms with E-state index in [1.807, 2.05) is 0 Å². The van der Waals surface area contributed by atoms with E-state index in [-0.39, 0.29) is 28.4 Å². The molecule has 6 nitrogen and oxygen atoms in total. The third kappa shape index (κ3) is 3.18. The van der Waals surface area contributed by atoms with Crippen molar-refractivity contribution < 1.29 is 14.8 Å². The number of aromatic hydroxyl groups is 1. The minimum absolute atomic E-state index is 0.0784. The van der Waals surface area contributed by atoms with Crippen LogP contribution in [0.2, 0.25) is 0 Å². The van der Waals surface area contributed by atoms with Crippen molar-refractivity contribution >= 4 is 29.3 Å². The standard InChI is InChI=1S/C10H9ClN2O4/c11-5-7-4-8(13(16)17)3-6(10(7)15)1-2-9(12)14/h1-4,15H,5H2,(H2,12,14)/b2-1+. The highest BCUT2D eigenvalue weighted by Crippen LogP contribution is 2.30. The van der Waals surface area contributed by atoms with E-state index >= 15 is 0 Å². The first-order valence-corrected chi connectivity index (χ1v) is 5.03. The lowest BCUT2D eigenvalue weighted by atomic mass is 10.1. The predicted octanol–water partition coefficient (Wildman–Crippen LogP) is 1.54. The number of rotatable bonds is 4. The summed E-state index contributed by atoms with van der Waals surface area (Å²) in [5.41, 5.74) is 5.00. The summed E-state index contributed by atoms with van der Waals surface area (Å²) in [6.07, 6.45) is 2.19. The third-order valence-corrected chi connectivity index (χ3v) is 2.27. The van der Waals surface area contributed by atoms with Crippen LogP contribution in [-0.2, 0) is 10.7 Å². The van der Waals surface area contributed by atoms with Gasteiger partial charge in [0.1, 0.15) is 5.75 Å². The van der Waals surface area contributed by atoms with Gasteiger partial charge in [-0.2, -0.15) is 0 Å². The Labute approximate surface area is 101 Å². The fourth-order valence-electron chi connectivity index (χ4n) is 1.21. The van der Waals surface area contributed by atoms with Gasteiger partial charge in [-0.25, -0.2) is 0 Å². The molecule has 0 bridgehead atoms. The zero-order valence-electron chi connectivity index (χ0n) is 8.59. The second kappa shape index (κ2) is 5.31. The molecule has 0 aliphatic rings. The van der Waals surface area contributed by atoms with E-state index in [1.165, 1.54) is 12.1 Å². The number of halogens is 1. The first kappa shape index (κ1) is 13.0. The summed E-state index contributed by atoms with van der Waals surface area (Å²) in [7, 11) is 0. The van der Waals surface area contributed by atoms with Crippen LogP contribution >= 0.6 is 11.6 Å². The van der Waals surface area contributed by atoms with Crippen LogP contribution in [0.4, 0.5) is 5.69 Å². The Balaban J connectivity index is 3.32. The predicted molar refractivity (Wildman–Crippen MR) is 62.5 cm³/mol. The number of nitrogens with zero attached hydrogens (tertiary/aromatic N) is 1. The van der Waals surface area contributed by atoms with Gasteiger partial charge in [-0.15, -0.1) is 11.6 Å². The summed E-state index contributed by atoms with van der Waals surface area (Å²) in [5, 5.41) is 20.3. The van der Waals surface area contributed by atoms with Crippen LogP contribution < -0.4 is 5.73 Å². The van der Waals surface area contributed by atoms with E-state index in [4.69, 9.17) is 17.3 Å². The molecule has 0 aromatic heterocycles. The maximum atomic E-state index is 10.6. The van der Waals surface area contributed by atoms with Crippen molar-refractivity contribution in [1.29, 1.82) is 0 Å². The molecule has 1 aromatic rings. The molecule has 0 saturated heterocycles. The van der Waals surface area contributed by atoms with E-state index in [1.54, 1.807) is 0 Å². The molecule has 0 saturated carbocycles. The molecule has 0 aliphatic heterocycles. The average molecular weight is 257 g/mol. The number of primary amides is 1. The van der Waals surface area contributed by atoms with Gasteiger partial charge in [-0.3, -0.25) is 14.9 Å². The Kier molecular flexibility index (Phi) is 4.06. The van der Waals surface area contributed by atoms with Crippen LogP contribution in [-0.4, -0.2) is 15.9 Å². The number of carbonyl (C=O) groups excluding carboxylic acids is 1. The Morgan fingerprint density at radius 1 is 1.59 bits per heavy atom. The second-order valence-electron chi connectivity index (χ2n) is 3.17. The van der Waals surface area contributed by atoms with Crippen molar-refractivity contribution in [2.75, 3.05) is 0 Å². The van der Waals surface area contributed by atoms with Crippen LogP contribution in [0.5, 0.6) is 5.75 Å². The van der Waals surface area contributed by atoms with Crippen LogP contribution in [0, 0.1) is 10.1 Å². The summed E-state index contributed by atoms with van der Waals surface area (Å²) in [6, 6.07) is 2.30. The molecule has 0 spiro atoms. The first-order chi connectivity index (χ1) is 7.95. The van der Waals surface area contributed by atoms with Crippen molar-refractivity contribution in [2.24, 2.45) is 5.73 Å². The molecule has 0 unspecified atom stereocenters. The minimum Gasteiger partial charge on any atom is -0.507 e. The van der Waals surface area contributed by atoms with Gasteiger partial charge in [-0.05, 0) is 6.08 Å². The van der Waals surface area contributed by atoms with Crippen LogP contribution in [0.3, 0.4) is 0 Å². The van der Waals surface area contributed by atoms with Gasteiger partial charge in [-0.1, -0.05) is 0 Å². The van der Waals surface area contributed by atoms with E-state index in [2.05, 4.69) is 0 Å². The molecule has 0 fully saturated rings. The van der Waals surface area contributed by atoms with Crippen LogP contribution in [0.15, 0.2) is 18.2 Å². The quantitative estimate of drug-likeness (QED) is 0.369. The van der Waals surface area contributed by atoms with Gasteiger partial charge in [0.15, 0.2) is 0 Å². The van der Waals surface area contributed by atoms with Gasteiger partial charge >= 0.3 is 0 Å². The van der Waals surface area contributed by atoms with E-state index in [0.29, 0.717) is 0 Å². The number of phenolic OH excluding ortho intramolecular Hbond substituents is 1. The molecule has 0 aliphatic carbocycles. The van der Waals surface area contributed by atoms with Gasteiger partial charge in [0.2, 0.25) is 5.91 Å². The number of hydrogen-bond acceptors (Lipinski definition) is 4. The van der Waals surface area contributed by atoms with Crippen LogP contribution in [0.25, 0.3) is 6.08 Å². The molecule has 7 heteroatoms. The number of hydrogen-bond donors (Lipinski definition) is 2. The van der Waals surface area contributed by atoms with Crippen molar-refractivity contribution in [1.82, 2.24) is 0 Å². The fourth-order valence-corrected chi connectivity index (χ4v) is 1.41. The zero-order valence-corrected chi connectivity index (χ0v) is 9.35. The van der Waals surface area contributed by atoms with E-state index in [0.717, 1.165) is 12.1 Å². The molecule has 0 radical (unpaired) electrons. The second-order valence-corrected chi connectivity index (χ2v) is 3.44. The van der Waals surface area contributed by atoms with Crippen molar-refractivity contribution in [3.8, 4) is 5.75 Å². The average Bonchev–Trinajstić information content (AvgIpc) is 2.27. The lowest BCUT2D eigenvalue weighted by Gasteiger charge is -2.04. The lowest BCUT2D eigenvalue weighted by molar-refractivity contribution is -0.384. The number of alkyl halides is 1. The van der Waals surface area contributed by atoms with Gasteiger partial charge in [0.05, 0.1) is 10.8 Å². The molecule has 1 amide bonds. The van der Waals surface area contributed by atoms with E-state index < -0.39 is 10.8 Å². The maximum absolute atomic E-state index is 10.6. The third-order valence-electron chi connectivity index (χ3n) is 1.99. The molecule has 0 heterocycles. The summed E-state index contributed by atoms with van der Waals surface area (Å²) >= 11 is 5.55. The fraction of sp³-hybridized carbons (Fsp3) is 0.100. The lowest BCUT2D eigenvalue weighted by Crippen LogP contribution is -2.05. The van der Waals surface area contributed by atoms with Crippen molar-refractivity contribution in [3.63, 3.8) is 0 Å². The number of phenols is 1. The molecule has 1 rings (SSSR count). The topological polar surface area (TPSA) is 106 Å². The normalized spacial score (nSPS) is 10.6. The Morgan fingerprint density at radius 2 is 2.24 bits per heavy atom. The monoisotopic (exact) mass is 256 g/mol. The number of nitro groups is 1. The highest BCUT2D eigenvalue weighted by atomic mass is 35.5. The largest absolute Gasteiger partial charge is 0.507 e. The molecule has 1 aromatic carbocycles. The zero-order chi connectivity index (χ0) is 13.0. The highest BCUT2D eigenvalue weighted by Gasteiger charge is 2.14. The first-order valence-electron chi connectivity index (χ1n) is 4.49. The highest BCUT2D eigenvalue weighted by molar-refractivity contribution is 6.17. The summed E-state index contributed by atoms with van der Waals surface area (Å²) in [4.78, 5) is 20.6. The van der Waals surface area contributed by atoms with Crippen molar-refractivity contribution in [3.05, 3.63) is 39.4 Å². The molecule has 17 heavy (non-hydrogen) atoms. The molecule has 0 atom stereocenters. The summed E-state index contributed by atoms with van der Waals surface area (Å²) < 4.78 is 0. The number of benzene rings is 1. The number of nitro benzene ring substituents is 1. The number of non-ortho nitro benzene ring substituents is 1. The van der Waals surface area contributed by atoms with Gasteiger partial charge < -0.3 is 10.8 Å². The molecule has 90 valence electrons. The Bertz CT molecular complexity index is 499. The molecule has 3 N–H and O–H groups in total. The number of carbonyl (C=O) groups is 1. The van der Waals surface area contributed by atoms with Crippen LogP contribution in [0.1, 0.15) is 11.1 Å². The van der Waals surface area contributed by atoms with Gasteiger partial charge in [0.25, 0.3) is 5.69 Å². The smallest absolute Gasteiger partial charge is 0.270 e. The van der Waals surface area contributed by atoms with Gasteiger partial charge in [0, 0.05) is 29.3 Å². The minimum atomic E-state index is -0.719. The Hall–Kier alpha value is -2.08. The summed E-state index contributed by atoms with van der Waals surface area (Å²) in [5.74, 6) is -1.00. The van der Waals surface area contributed by atoms with E-state index in [9.17, 15) is 20.0 Å². The Morgan fingerprint density at radius 3 is 2.71 bits per heavy atom. The number of amides is 1. The number of nitrogens with two attached hydrogens (primary N) is 1. The summed E-state index contributed by atoms with van der Waals surface area (Å²) in [6.45, 7) is 0.